The van der Waals surface area contributed by atoms with E-state index in [4.69, 9.17) is 4.74 Å². The molecule has 0 bridgehead atoms. The Hall–Kier alpha value is -2.08. The van der Waals surface area contributed by atoms with E-state index in [1.165, 1.54) is 10.5 Å². The molecule has 1 aromatic rings. The second kappa shape index (κ2) is 7.66. The number of amides is 3. The quantitative estimate of drug-likeness (QED) is 0.792. The lowest BCUT2D eigenvalue weighted by molar-refractivity contribution is -0.135. The molecule has 3 rings (SSSR count). The number of urea groups is 1. The molecule has 1 N–H and O–H groups in total. The van der Waals surface area contributed by atoms with Crippen LogP contribution in [0.3, 0.4) is 0 Å². The molecule has 1 aromatic carbocycles. The molecule has 0 radical (unpaired) electrons. The summed E-state index contributed by atoms with van der Waals surface area (Å²) in [7, 11) is 1.70. The molecular formula is C20H28N2O4. The molecule has 2 fully saturated rings. The van der Waals surface area contributed by atoms with Gasteiger partial charge in [-0.3, -0.25) is 9.69 Å². The maximum Gasteiger partial charge on any atom is 0.327 e. The van der Waals surface area contributed by atoms with Crippen molar-refractivity contribution in [2.24, 2.45) is 0 Å². The number of aliphatic hydroxyl groups is 1. The fourth-order valence-corrected chi connectivity index (χ4v) is 3.97. The van der Waals surface area contributed by atoms with Crippen LogP contribution in [0.5, 0.6) is 5.75 Å². The molecular weight excluding hydrogens is 332 g/mol. The van der Waals surface area contributed by atoms with Crippen molar-refractivity contribution in [3.63, 3.8) is 0 Å². The zero-order chi connectivity index (χ0) is 18.7. The third kappa shape index (κ3) is 3.43. The molecule has 1 aliphatic carbocycles. The van der Waals surface area contributed by atoms with Crippen molar-refractivity contribution in [2.45, 2.75) is 57.1 Å². The van der Waals surface area contributed by atoms with Gasteiger partial charge in [0.05, 0.1) is 6.54 Å². The highest BCUT2D eigenvalue weighted by atomic mass is 16.5. The molecule has 1 saturated carbocycles. The lowest BCUT2D eigenvalue weighted by Crippen LogP contribution is -2.49. The van der Waals surface area contributed by atoms with Crippen LogP contribution in [0.2, 0.25) is 0 Å². The number of ether oxygens (including phenoxy) is 1. The highest BCUT2D eigenvalue weighted by Gasteiger charge is 2.55. The first-order valence-corrected chi connectivity index (χ1v) is 9.47. The maximum absolute atomic E-state index is 12.9. The van der Waals surface area contributed by atoms with Gasteiger partial charge in [-0.1, -0.05) is 38.3 Å². The van der Waals surface area contributed by atoms with Gasteiger partial charge in [-0.2, -0.15) is 0 Å². The van der Waals surface area contributed by atoms with Gasteiger partial charge in [0, 0.05) is 7.05 Å². The van der Waals surface area contributed by atoms with Crippen molar-refractivity contribution in [1.29, 1.82) is 0 Å². The Morgan fingerprint density at radius 1 is 1.15 bits per heavy atom. The summed E-state index contributed by atoms with van der Waals surface area (Å²) in [5, 5.41) is 10.3. The Labute approximate surface area is 154 Å². The highest BCUT2D eigenvalue weighted by Crippen LogP contribution is 2.39. The summed E-state index contributed by atoms with van der Waals surface area (Å²) in [6, 6.07) is 7.38. The number of likely N-dealkylation sites (N-methyl/N-ethyl adjacent to an activating group) is 1. The van der Waals surface area contributed by atoms with E-state index in [0.717, 1.165) is 25.7 Å². The summed E-state index contributed by atoms with van der Waals surface area (Å²) >= 11 is 0. The van der Waals surface area contributed by atoms with Gasteiger partial charge in [0.25, 0.3) is 5.91 Å². The van der Waals surface area contributed by atoms with Gasteiger partial charge in [0.15, 0.2) is 0 Å². The van der Waals surface area contributed by atoms with Gasteiger partial charge >= 0.3 is 6.03 Å². The number of hydrogen-bond donors (Lipinski definition) is 1. The number of benzene rings is 1. The van der Waals surface area contributed by atoms with Crippen molar-refractivity contribution >= 4 is 11.9 Å². The molecule has 0 aromatic heterocycles. The Balaban J connectivity index is 1.58. The Morgan fingerprint density at radius 3 is 2.42 bits per heavy atom. The topological polar surface area (TPSA) is 70.1 Å². The van der Waals surface area contributed by atoms with Crippen molar-refractivity contribution in [2.75, 3.05) is 20.2 Å². The van der Waals surface area contributed by atoms with Crippen LogP contribution in [0, 0.1) is 0 Å². The second-order valence-corrected chi connectivity index (χ2v) is 7.31. The van der Waals surface area contributed by atoms with Crippen molar-refractivity contribution in [3.05, 3.63) is 29.8 Å². The second-order valence-electron chi connectivity index (χ2n) is 7.31. The summed E-state index contributed by atoms with van der Waals surface area (Å²) in [4.78, 5) is 28.2. The first-order valence-electron chi connectivity index (χ1n) is 9.47. The molecule has 2 aliphatic rings. The van der Waals surface area contributed by atoms with Crippen LogP contribution in [0.1, 0.15) is 44.6 Å². The van der Waals surface area contributed by atoms with Crippen LogP contribution in [-0.2, 0) is 11.2 Å². The molecule has 0 unspecified atom stereocenters. The van der Waals surface area contributed by atoms with E-state index < -0.39 is 11.6 Å². The zero-order valence-electron chi connectivity index (χ0n) is 15.6. The van der Waals surface area contributed by atoms with Gasteiger partial charge in [0.1, 0.15) is 24.0 Å². The number of carbonyl (C=O) groups is 2. The smallest absolute Gasteiger partial charge is 0.327 e. The number of hydrogen-bond acceptors (Lipinski definition) is 4. The predicted molar refractivity (Wildman–Crippen MR) is 98.0 cm³/mol. The third-order valence-corrected chi connectivity index (χ3v) is 5.65. The fourth-order valence-electron chi connectivity index (χ4n) is 3.97. The van der Waals surface area contributed by atoms with Crippen LogP contribution in [0.15, 0.2) is 24.3 Å². The SMILES string of the molecule is CCc1ccc(OC[C@@H](O)CN2C(=O)N(C)C3(CCCCC3)C2=O)cc1. The standard InChI is InChI=1S/C20H28N2O4/c1-3-15-7-9-17(10-8-15)26-14-16(23)13-22-18(24)20(21(2)19(22)25)11-5-4-6-12-20/h7-10,16,23H,3-6,11-14H2,1-2H3/t16-/m0/s1. The first-order chi connectivity index (χ1) is 12.5. The largest absolute Gasteiger partial charge is 0.491 e. The van der Waals surface area contributed by atoms with E-state index in [0.29, 0.717) is 18.6 Å². The lowest BCUT2D eigenvalue weighted by Gasteiger charge is -2.35. The minimum atomic E-state index is -0.916. The van der Waals surface area contributed by atoms with E-state index in [1.807, 2.05) is 24.3 Å². The Bertz CT molecular complexity index is 652. The highest BCUT2D eigenvalue weighted by molar-refractivity contribution is 6.07. The fraction of sp³-hybridized carbons (Fsp3) is 0.600. The molecule has 1 spiro atoms. The van der Waals surface area contributed by atoms with Gasteiger partial charge in [0.2, 0.25) is 0 Å². The van der Waals surface area contributed by atoms with E-state index >= 15 is 0 Å². The molecule has 1 atom stereocenters. The zero-order valence-corrected chi connectivity index (χ0v) is 15.6. The average molecular weight is 360 g/mol. The summed E-state index contributed by atoms with van der Waals surface area (Å²) in [6.45, 7) is 2.09. The van der Waals surface area contributed by atoms with Crippen LogP contribution >= 0.6 is 0 Å². The van der Waals surface area contributed by atoms with Crippen LogP contribution in [0.25, 0.3) is 0 Å². The van der Waals surface area contributed by atoms with Gasteiger partial charge in [-0.05, 0) is 37.0 Å². The predicted octanol–water partition coefficient (Wildman–Crippen LogP) is 2.59. The minimum absolute atomic E-state index is 0.0310. The number of aryl methyl sites for hydroxylation is 1. The van der Waals surface area contributed by atoms with Crippen LogP contribution in [-0.4, -0.2) is 58.7 Å². The van der Waals surface area contributed by atoms with Crippen LogP contribution in [0.4, 0.5) is 4.79 Å². The molecule has 6 heteroatoms. The minimum Gasteiger partial charge on any atom is -0.491 e. The van der Waals surface area contributed by atoms with Gasteiger partial charge in [-0.15, -0.1) is 0 Å². The van der Waals surface area contributed by atoms with E-state index in [1.54, 1.807) is 11.9 Å². The molecule has 26 heavy (non-hydrogen) atoms. The summed E-state index contributed by atoms with van der Waals surface area (Å²) in [5.74, 6) is 0.497. The summed E-state index contributed by atoms with van der Waals surface area (Å²) in [6.07, 6.45) is 4.47. The van der Waals surface area contributed by atoms with E-state index in [9.17, 15) is 14.7 Å². The van der Waals surface area contributed by atoms with Gasteiger partial charge < -0.3 is 14.7 Å². The number of carbonyl (C=O) groups excluding carboxylic acids is 2. The van der Waals surface area contributed by atoms with Crippen molar-refractivity contribution in [3.8, 4) is 5.75 Å². The number of imide groups is 1. The summed E-state index contributed by atoms with van der Waals surface area (Å²) in [5.41, 5.74) is 0.512. The molecule has 1 saturated heterocycles. The monoisotopic (exact) mass is 360 g/mol. The van der Waals surface area contributed by atoms with Crippen LogP contribution < -0.4 is 4.74 Å². The first kappa shape index (κ1) is 18.7. The van der Waals surface area contributed by atoms with E-state index in [2.05, 4.69) is 6.92 Å². The van der Waals surface area contributed by atoms with Crippen molar-refractivity contribution < 1.29 is 19.4 Å². The van der Waals surface area contributed by atoms with Gasteiger partial charge in [-0.25, -0.2) is 4.79 Å². The van der Waals surface area contributed by atoms with Crippen molar-refractivity contribution in [1.82, 2.24) is 9.80 Å². The Morgan fingerprint density at radius 2 is 1.81 bits per heavy atom. The molecule has 142 valence electrons. The number of nitrogens with zero attached hydrogens (tertiary/aromatic N) is 2. The average Bonchev–Trinajstić information content (AvgIpc) is 2.84. The third-order valence-electron chi connectivity index (χ3n) is 5.65. The maximum atomic E-state index is 12.9. The van der Waals surface area contributed by atoms with E-state index in [-0.39, 0.29) is 25.1 Å². The molecule has 1 aliphatic heterocycles. The number of aliphatic hydroxyl groups excluding tert-OH is 1. The number of rotatable bonds is 6. The number of β-amino-alcohol motifs (C(OH)–C–C–N with tert-alkyl or cyclic N) is 1. The normalized spacial score (nSPS) is 20.7. The molecule has 3 amide bonds. The molecule has 1 heterocycles. The lowest BCUT2D eigenvalue weighted by atomic mass is 9.81. The Kier molecular flexibility index (Phi) is 5.51. The summed E-state index contributed by atoms with van der Waals surface area (Å²) < 4.78 is 5.60. The molecule has 6 nitrogen and oxygen atoms in total.